The molecule has 0 spiro atoms. The van der Waals surface area contributed by atoms with Gasteiger partial charge >= 0.3 is 0 Å². The lowest BCUT2D eigenvalue weighted by atomic mass is 10.0. The van der Waals surface area contributed by atoms with Crippen LogP contribution in [0.25, 0.3) is 0 Å². The van der Waals surface area contributed by atoms with Crippen molar-refractivity contribution in [2.75, 3.05) is 38.3 Å². The van der Waals surface area contributed by atoms with E-state index in [-0.39, 0.29) is 11.8 Å². The molecule has 0 amide bonds. The number of ether oxygens (including phenoxy) is 1. The Bertz CT molecular complexity index is 396. The van der Waals surface area contributed by atoms with Crippen molar-refractivity contribution in [3.8, 4) is 0 Å². The topological polar surface area (TPSA) is 29.5 Å². The highest BCUT2D eigenvalue weighted by molar-refractivity contribution is 7.98. The van der Waals surface area contributed by atoms with Gasteiger partial charge in [0, 0.05) is 36.9 Å². The third-order valence-electron chi connectivity index (χ3n) is 3.45. The molecule has 1 aliphatic heterocycles. The Kier molecular flexibility index (Phi) is 5.89. The molecule has 1 atom stereocenters. The molecule has 0 radical (unpaired) electrons. The van der Waals surface area contributed by atoms with Crippen molar-refractivity contribution in [3.05, 3.63) is 35.9 Å². The van der Waals surface area contributed by atoms with Crippen molar-refractivity contribution in [1.29, 1.82) is 0 Å². The predicted octanol–water partition coefficient (Wildman–Crippen LogP) is 2.32. The molecule has 1 saturated heterocycles. The first kappa shape index (κ1) is 14.6. The molecule has 3 nitrogen and oxygen atoms in total. The van der Waals surface area contributed by atoms with E-state index in [0.717, 1.165) is 31.0 Å². The predicted molar refractivity (Wildman–Crippen MR) is 80.0 cm³/mol. The Hall–Kier alpha value is -0.840. The Morgan fingerprint density at radius 2 is 2.21 bits per heavy atom. The number of hydrogen-bond donors (Lipinski definition) is 0. The molecule has 0 bridgehead atoms. The summed E-state index contributed by atoms with van der Waals surface area (Å²) in [4.78, 5) is 14.6. The molecule has 0 aliphatic carbocycles. The summed E-state index contributed by atoms with van der Waals surface area (Å²) in [7, 11) is 0. The smallest absolute Gasteiger partial charge is 0.164 e. The fraction of sp³-hybridized carbons (Fsp3) is 0.533. The van der Waals surface area contributed by atoms with Gasteiger partial charge in [0.1, 0.15) is 0 Å². The zero-order valence-corrected chi connectivity index (χ0v) is 12.2. The zero-order valence-electron chi connectivity index (χ0n) is 11.4. The van der Waals surface area contributed by atoms with E-state index in [1.165, 1.54) is 0 Å². The lowest BCUT2D eigenvalue weighted by Gasteiger charge is -2.35. The van der Waals surface area contributed by atoms with Crippen LogP contribution >= 0.6 is 11.8 Å². The molecule has 1 aromatic rings. The molecule has 0 aromatic heterocycles. The van der Waals surface area contributed by atoms with E-state index in [4.69, 9.17) is 4.74 Å². The van der Waals surface area contributed by atoms with Crippen LogP contribution in [0.3, 0.4) is 0 Å². The summed E-state index contributed by atoms with van der Waals surface area (Å²) >= 11 is 1.85. The number of benzene rings is 1. The molecular weight excluding hydrogens is 258 g/mol. The SMILES string of the molecule is CSCCN1CCOC[C@@H]1CC(=O)c1ccccc1. The molecule has 1 fully saturated rings. The highest BCUT2D eigenvalue weighted by atomic mass is 32.2. The van der Waals surface area contributed by atoms with Crippen LogP contribution in [0.15, 0.2) is 30.3 Å². The van der Waals surface area contributed by atoms with Crippen molar-refractivity contribution in [1.82, 2.24) is 4.90 Å². The fourth-order valence-corrected chi connectivity index (χ4v) is 2.75. The lowest BCUT2D eigenvalue weighted by Crippen LogP contribution is -2.47. The van der Waals surface area contributed by atoms with Crippen LogP contribution in [-0.2, 0) is 4.74 Å². The van der Waals surface area contributed by atoms with E-state index in [2.05, 4.69) is 11.2 Å². The quantitative estimate of drug-likeness (QED) is 0.748. The minimum Gasteiger partial charge on any atom is -0.378 e. The summed E-state index contributed by atoms with van der Waals surface area (Å²) in [6, 6.07) is 9.77. The second-order valence-corrected chi connectivity index (χ2v) is 5.74. The average molecular weight is 279 g/mol. The van der Waals surface area contributed by atoms with Gasteiger partial charge in [-0.2, -0.15) is 11.8 Å². The van der Waals surface area contributed by atoms with Crippen LogP contribution in [0.5, 0.6) is 0 Å². The van der Waals surface area contributed by atoms with E-state index in [1.807, 2.05) is 42.1 Å². The molecule has 1 aliphatic rings. The number of ketones is 1. The van der Waals surface area contributed by atoms with Gasteiger partial charge in [0.2, 0.25) is 0 Å². The second kappa shape index (κ2) is 7.68. The van der Waals surface area contributed by atoms with Gasteiger partial charge in [-0.3, -0.25) is 9.69 Å². The normalized spacial score (nSPS) is 20.4. The van der Waals surface area contributed by atoms with Crippen LogP contribution in [-0.4, -0.2) is 55.0 Å². The average Bonchev–Trinajstić information content (AvgIpc) is 2.47. The largest absolute Gasteiger partial charge is 0.378 e. The first-order valence-corrected chi connectivity index (χ1v) is 8.09. The van der Waals surface area contributed by atoms with Crippen LogP contribution in [0, 0.1) is 0 Å². The van der Waals surface area contributed by atoms with Gasteiger partial charge in [0.15, 0.2) is 5.78 Å². The number of nitrogens with zero attached hydrogens (tertiary/aromatic N) is 1. The zero-order chi connectivity index (χ0) is 13.5. The lowest BCUT2D eigenvalue weighted by molar-refractivity contribution is -0.00543. The maximum absolute atomic E-state index is 12.2. The first-order valence-electron chi connectivity index (χ1n) is 6.70. The molecule has 1 heterocycles. The van der Waals surface area contributed by atoms with E-state index in [0.29, 0.717) is 13.0 Å². The van der Waals surface area contributed by atoms with E-state index in [9.17, 15) is 4.79 Å². The summed E-state index contributed by atoms with van der Waals surface area (Å²) in [5.74, 6) is 1.32. The Labute approximate surface area is 119 Å². The molecule has 104 valence electrons. The number of carbonyl (C=O) groups excluding carboxylic acids is 1. The molecule has 0 saturated carbocycles. The van der Waals surface area contributed by atoms with Gasteiger partial charge in [-0.1, -0.05) is 30.3 Å². The molecule has 0 unspecified atom stereocenters. The van der Waals surface area contributed by atoms with Crippen molar-refractivity contribution < 1.29 is 9.53 Å². The maximum Gasteiger partial charge on any atom is 0.164 e. The van der Waals surface area contributed by atoms with Crippen molar-refractivity contribution >= 4 is 17.5 Å². The monoisotopic (exact) mass is 279 g/mol. The van der Waals surface area contributed by atoms with Gasteiger partial charge < -0.3 is 4.74 Å². The van der Waals surface area contributed by atoms with Gasteiger partial charge in [-0.25, -0.2) is 0 Å². The van der Waals surface area contributed by atoms with Gasteiger partial charge in [0.25, 0.3) is 0 Å². The Balaban J connectivity index is 1.93. The van der Waals surface area contributed by atoms with Gasteiger partial charge in [-0.05, 0) is 6.26 Å². The molecule has 19 heavy (non-hydrogen) atoms. The van der Waals surface area contributed by atoms with Crippen molar-refractivity contribution in [2.45, 2.75) is 12.5 Å². The van der Waals surface area contributed by atoms with Crippen molar-refractivity contribution in [3.63, 3.8) is 0 Å². The minimum absolute atomic E-state index is 0.213. The third kappa shape index (κ3) is 4.34. The van der Waals surface area contributed by atoms with Crippen LogP contribution in [0.1, 0.15) is 16.8 Å². The van der Waals surface area contributed by atoms with E-state index < -0.39 is 0 Å². The molecule has 4 heteroatoms. The van der Waals surface area contributed by atoms with E-state index >= 15 is 0 Å². The highest BCUT2D eigenvalue weighted by Crippen LogP contribution is 2.14. The van der Waals surface area contributed by atoms with Gasteiger partial charge in [-0.15, -0.1) is 0 Å². The number of thioether (sulfide) groups is 1. The van der Waals surface area contributed by atoms with Crippen LogP contribution < -0.4 is 0 Å². The maximum atomic E-state index is 12.2. The second-order valence-electron chi connectivity index (χ2n) is 4.75. The summed E-state index contributed by atoms with van der Waals surface area (Å²) in [6.45, 7) is 3.43. The highest BCUT2D eigenvalue weighted by Gasteiger charge is 2.25. The van der Waals surface area contributed by atoms with Gasteiger partial charge in [0.05, 0.1) is 13.2 Å². The van der Waals surface area contributed by atoms with Crippen molar-refractivity contribution in [2.24, 2.45) is 0 Å². The summed E-state index contributed by atoms with van der Waals surface area (Å²) < 4.78 is 5.53. The minimum atomic E-state index is 0.213. The molecule has 2 rings (SSSR count). The fourth-order valence-electron chi connectivity index (χ4n) is 2.34. The first-order chi connectivity index (χ1) is 9.31. The summed E-state index contributed by atoms with van der Waals surface area (Å²) in [5.41, 5.74) is 0.804. The van der Waals surface area contributed by atoms with E-state index in [1.54, 1.807) is 0 Å². The van der Waals surface area contributed by atoms with Crippen LogP contribution in [0.2, 0.25) is 0 Å². The third-order valence-corrected chi connectivity index (χ3v) is 4.04. The number of Topliss-reactive ketones (excluding diaryl/α,β-unsaturated/α-hetero) is 1. The Morgan fingerprint density at radius 3 is 2.95 bits per heavy atom. The molecule has 0 N–H and O–H groups in total. The number of carbonyl (C=O) groups is 1. The standard InChI is InChI=1S/C15H21NO2S/c1-19-10-8-16-7-9-18-12-14(16)11-15(17)13-5-3-2-4-6-13/h2-6,14H,7-12H2,1H3/t14-/m0/s1. The van der Waals surface area contributed by atoms with Crippen LogP contribution in [0.4, 0.5) is 0 Å². The Morgan fingerprint density at radius 1 is 1.42 bits per heavy atom. The molecular formula is C15H21NO2S. The summed E-state index contributed by atoms with van der Waals surface area (Å²) in [6.07, 6.45) is 2.67. The number of hydrogen-bond acceptors (Lipinski definition) is 4. The molecule has 1 aromatic carbocycles. The summed E-state index contributed by atoms with van der Waals surface area (Å²) in [5, 5.41) is 0. The number of morpholine rings is 1. The number of rotatable bonds is 6.